The molecule has 0 aromatic heterocycles. The maximum absolute atomic E-state index is 11.6. The van der Waals surface area contributed by atoms with Crippen molar-refractivity contribution in [3.63, 3.8) is 0 Å². The van der Waals surface area contributed by atoms with Crippen LogP contribution in [0.15, 0.2) is 11.5 Å². The molecular formula is C22H41Na2O11P. The Bertz CT molecular complexity index is 725. The van der Waals surface area contributed by atoms with Gasteiger partial charge in [-0.2, -0.15) is 0 Å². The van der Waals surface area contributed by atoms with Crippen molar-refractivity contribution < 1.29 is 116 Å². The van der Waals surface area contributed by atoms with Gasteiger partial charge >= 0.3 is 78.9 Å². The minimum atomic E-state index is -5.10. The first kappa shape index (κ1) is 38.5. The van der Waals surface area contributed by atoms with Crippen LogP contribution < -0.4 is 59.1 Å². The molecule has 202 valence electrons. The standard InChI is InChI=1S/C22H39O11P.2Na.2H/c23-16(18(26)20-19(27)21(22(28)32-20)33-34(29,30)31)14-12-10-8-6-4-2-1-3-5-7-9-11-13-15-17(24)25;;;;/h16,18,20,23,26-27H,1-15H2,(H,24,25)(H2,29,30,31);;;;/q;2*+1;2*-1/t16?,18-,20+;;;;/m0..../s1. The van der Waals surface area contributed by atoms with Crippen LogP contribution in [-0.4, -0.2) is 60.5 Å². The SMILES string of the molecule is O=C(O)CCCCCCCCCCCCCCCC(O)[C@H](O)[C@H]1OC(=O)C(OP(=O)(O)O)=C1O.[H-].[H-].[Na+].[Na+]. The van der Waals surface area contributed by atoms with Crippen molar-refractivity contribution >= 4 is 19.8 Å². The molecule has 36 heavy (non-hydrogen) atoms. The van der Waals surface area contributed by atoms with E-state index in [2.05, 4.69) is 9.26 Å². The molecule has 1 heterocycles. The van der Waals surface area contributed by atoms with Crippen molar-refractivity contribution in [3.8, 4) is 0 Å². The molecule has 0 aliphatic carbocycles. The molecule has 1 aliphatic heterocycles. The first-order valence-corrected chi connectivity index (χ1v) is 13.5. The van der Waals surface area contributed by atoms with Gasteiger partial charge in [0.2, 0.25) is 0 Å². The number of phosphoric acid groups is 1. The average Bonchev–Trinajstić information content (AvgIpc) is 3.02. The number of rotatable bonds is 20. The zero-order valence-corrected chi connectivity index (χ0v) is 26.4. The van der Waals surface area contributed by atoms with Gasteiger partial charge in [-0.25, -0.2) is 9.36 Å². The molecule has 14 heteroatoms. The number of carboxylic acids is 1. The van der Waals surface area contributed by atoms with Gasteiger partial charge in [-0.1, -0.05) is 77.0 Å². The molecule has 1 rings (SSSR count). The molecule has 0 radical (unpaired) electrons. The van der Waals surface area contributed by atoms with Gasteiger partial charge in [-0.05, 0) is 12.8 Å². The van der Waals surface area contributed by atoms with E-state index >= 15 is 0 Å². The van der Waals surface area contributed by atoms with Crippen LogP contribution in [0.4, 0.5) is 0 Å². The number of carbonyl (C=O) groups is 2. The number of aliphatic carboxylic acids is 1. The molecular weight excluding hydrogens is 517 g/mol. The first-order valence-electron chi connectivity index (χ1n) is 12.0. The number of hydrogen-bond acceptors (Lipinski definition) is 8. The summed E-state index contributed by atoms with van der Waals surface area (Å²) >= 11 is 0. The molecule has 0 saturated carbocycles. The van der Waals surface area contributed by atoms with E-state index in [9.17, 15) is 29.5 Å². The summed E-state index contributed by atoms with van der Waals surface area (Å²) in [5.74, 6) is -4.08. The summed E-state index contributed by atoms with van der Waals surface area (Å²) in [6.45, 7) is 0. The Labute approximate surface area is 259 Å². The van der Waals surface area contributed by atoms with Crippen LogP contribution >= 0.6 is 7.82 Å². The number of unbranched alkanes of at least 4 members (excludes halogenated alkanes) is 12. The van der Waals surface area contributed by atoms with Gasteiger partial charge in [0.05, 0.1) is 6.10 Å². The third-order valence-corrected chi connectivity index (χ3v) is 6.15. The van der Waals surface area contributed by atoms with Crippen LogP contribution in [0.2, 0.25) is 0 Å². The zero-order valence-electron chi connectivity index (χ0n) is 23.5. The van der Waals surface area contributed by atoms with Crippen molar-refractivity contribution in [3.05, 3.63) is 11.5 Å². The average molecular weight is 559 g/mol. The number of aliphatic hydroxyl groups is 3. The maximum Gasteiger partial charge on any atom is 1.00 e. The van der Waals surface area contributed by atoms with Crippen LogP contribution in [0.3, 0.4) is 0 Å². The van der Waals surface area contributed by atoms with Gasteiger partial charge in [-0.15, -0.1) is 0 Å². The summed E-state index contributed by atoms with van der Waals surface area (Å²) in [7, 11) is -5.10. The van der Waals surface area contributed by atoms with E-state index < -0.39 is 49.6 Å². The van der Waals surface area contributed by atoms with Crippen LogP contribution in [0.5, 0.6) is 0 Å². The predicted octanol–water partition coefficient (Wildman–Crippen LogP) is -2.32. The number of aliphatic hydroxyl groups excluding tert-OH is 3. The minimum Gasteiger partial charge on any atom is -1.00 e. The van der Waals surface area contributed by atoms with Gasteiger partial charge in [0, 0.05) is 6.42 Å². The number of cyclic esters (lactones) is 1. The van der Waals surface area contributed by atoms with Crippen LogP contribution in [0.1, 0.15) is 99.2 Å². The number of carboxylic acid groups (broad SMARTS) is 1. The Hall–Kier alpha value is 0.350. The Morgan fingerprint density at radius 2 is 1.31 bits per heavy atom. The van der Waals surface area contributed by atoms with E-state index in [-0.39, 0.29) is 74.8 Å². The van der Waals surface area contributed by atoms with Gasteiger partial charge in [0.1, 0.15) is 6.10 Å². The van der Waals surface area contributed by atoms with Crippen molar-refractivity contribution in [2.45, 2.75) is 115 Å². The molecule has 1 aliphatic rings. The van der Waals surface area contributed by atoms with Crippen LogP contribution in [0, 0.1) is 0 Å². The van der Waals surface area contributed by atoms with Crippen molar-refractivity contribution in [2.24, 2.45) is 0 Å². The van der Waals surface area contributed by atoms with Gasteiger partial charge in [0.25, 0.3) is 5.76 Å². The van der Waals surface area contributed by atoms with Gasteiger partial charge < -0.3 is 32.5 Å². The summed E-state index contributed by atoms with van der Waals surface area (Å²) in [5.41, 5.74) is 0. The van der Waals surface area contributed by atoms with Gasteiger partial charge in [0.15, 0.2) is 11.9 Å². The Kier molecular flexibility index (Phi) is 22.7. The van der Waals surface area contributed by atoms with Crippen LogP contribution in [-0.2, 0) is 23.4 Å². The summed E-state index contributed by atoms with van der Waals surface area (Å²) in [5, 5.41) is 38.7. The molecule has 0 saturated heterocycles. The topological polar surface area (TPSA) is 191 Å². The fourth-order valence-corrected chi connectivity index (χ4v) is 4.25. The molecule has 3 atom stereocenters. The monoisotopic (exact) mass is 558 g/mol. The Balaban J connectivity index is -0.00000144. The second kappa shape index (κ2) is 21.2. The first-order chi connectivity index (χ1) is 16.0. The molecule has 0 fully saturated rings. The van der Waals surface area contributed by atoms with Crippen molar-refractivity contribution in [1.29, 1.82) is 0 Å². The third-order valence-electron chi connectivity index (χ3n) is 5.73. The summed E-state index contributed by atoms with van der Waals surface area (Å²) in [6.07, 6.45) is 9.23. The van der Waals surface area contributed by atoms with Crippen molar-refractivity contribution in [2.75, 3.05) is 0 Å². The minimum absolute atomic E-state index is 0. The maximum atomic E-state index is 11.6. The second-order valence-electron chi connectivity index (χ2n) is 8.71. The Morgan fingerprint density at radius 3 is 1.72 bits per heavy atom. The Morgan fingerprint density at radius 1 is 0.889 bits per heavy atom. The molecule has 0 aromatic carbocycles. The van der Waals surface area contributed by atoms with E-state index in [0.29, 0.717) is 6.42 Å². The number of hydrogen-bond donors (Lipinski definition) is 6. The van der Waals surface area contributed by atoms with E-state index in [4.69, 9.17) is 14.9 Å². The second-order valence-corrected chi connectivity index (χ2v) is 9.87. The molecule has 0 spiro atoms. The van der Waals surface area contributed by atoms with Gasteiger partial charge in [-0.3, -0.25) is 14.6 Å². The summed E-state index contributed by atoms with van der Waals surface area (Å²) in [4.78, 5) is 39.5. The summed E-state index contributed by atoms with van der Waals surface area (Å²) in [6, 6.07) is 0. The number of phosphoric ester groups is 1. The molecule has 0 bridgehead atoms. The smallest absolute Gasteiger partial charge is 1.00 e. The van der Waals surface area contributed by atoms with Crippen LogP contribution in [0.25, 0.3) is 0 Å². The fraction of sp³-hybridized carbons (Fsp3) is 0.818. The number of esters is 1. The van der Waals surface area contributed by atoms with E-state index in [0.717, 1.165) is 57.8 Å². The molecule has 6 N–H and O–H groups in total. The van der Waals surface area contributed by atoms with E-state index in [1.807, 2.05) is 0 Å². The molecule has 0 aromatic rings. The molecule has 0 amide bonds. The third kappa shape index (κ3) is 17.0. The normalized spacial score (nSPS) is 17.1. The van der Waals surface area contributed by atoms with Crippen molar-refractivity contribution in [1.82, 2.24) is 0 Å². The molecule has 1 unspecified atom stereocenters. The van der Waals surface area contributed by atoms with E-state index in [1.54, 1.807) is 0 Å². The number of carbonyl (C=O) groups excluding carboxylic acids is 1. The fourth-order valence-electron chi connectivity index (χ4n) is 3.84. The number of ether oxygens (including phenoxy) is 1. The predicted molar refractivity (Wildman–Crippen MR) is 124 cm³/mol. The quantitative estimate of drug-likeness (QED) is 0.0407. The molecule has 11 nitrogen and oxygen atoms in total. The largest absolute Gasteiger partial charge is 1.00 e. The van der Waals surface area contributed by atoms with E-state index in [1.165, 1.54) is 19.3 Å². The summed E-state index contributed by atoms with van der Waals surface area (Å²) < 4.78 is 19.6. The zero-order chi connectivity index (χ0) is 25.6.